The van der Waals surface area contributed by atoms with Gasteiger partial charge in [0.25, 0.3) is 11.6 Å². The van der Waals surface area contributed by atoms with Gasteiger partial charge in [0.1, 0.15) is 0 Å². The number of nitrogens with one attached hydrogen (secondary N) is 1. The number of para-hydroxylation sites is 1. The fourth-order valence-electron chi connectivity index (χ4n) is 3.75. The van der Waals surface area contributed by atoms with Crippen LogP contribution in [0.5, 0.6) is 11.5 Å². The summed E-state index contributed by atoms with van der Waals surface area (Å²) in [6.07, 6.45) is 1.53. The van der Waals surface area contributed by atoms with E-state index in [1.54, 1.807) is 62.6 Å². The molecule has 0 spiro atoms. The molecule has 1 N–H and O–H groups in total. The zero-order valence-corrected chi connectivity index (χ0v) is 18.3. The van der Waals surface area contributed by atoms with Crippen LogP contribution in [-0.2, 0) is 5.66 Å². The lowest BCUT2D eigenvalue weighted by Gasteiger charge is -2.43. The molecule has 33 heavy (non-hydrogen) atoms. The molecule has 1 aliphatic heterocycles. The number of non-ortho nitro benzene ring substituents is 1. The van der Waals surface area contributed by atoms with Crippen molar-refractivity contribution < 1.29 is 19.2 Å². The first kappa shape index (κ1) is 21.8. The van der Waals surface area contributed by atoms with Crippen LogP contribution in [0.15, 0.2) is 71.8 Å². The van der Waals surface area contributed by atoms with Gasteiger partial charge in [-0.1, -0.05) is 24.3 Å². The second-order valence-corrected chi connectivity index (χ2v) is 7.53. The van der Waals surface area contributed by atoms with Gasteiger partial charge in [0.15, 0.2) is 17.2 Å². The van der Waals surface area contributed by atoms with Gasteiger partial charge in [-0.2, -0.15) is 10.1 Å². The number of methoxy groups -OCH3 is 2. The minimum Gasteiger partial charge on any atom is -0.493 e. The molecular formula is C24H22N4O5. The smallest absolute Gasteiger partial charge is 0.278 e. The summed E-state index contributed by atoms with van der Waals surface area (Å²) in [5.41, 5.74) is 1.01. The molecule has 1 aliphatic rings. The van der Waals surface area contributed by atoms with E-state index < -0.39 is 10.6 Å². The third-order valence-corrected chi connectivity index (χ3v) is 5.50. The van der Waals surface area contributed by atoms with Gasteiger partial charge in [-0.05, 0) is 42.8 Å². The third-order valence-electron chi connectivity index (χ3n) is 5.50. The largest absolute Gasteiger partial charge is 0.493 e. The van der Waals surface area contributed by atoms with E-state index in [-0.39, 0.29) is 11.6 Å². The Morgan fingerprint density at radius 2 is 1.79 bits per heavy atom. The lowest BCUT2D eigenvalue weighted by Crippen LogP contribution is -2.53. The van der Waals surface area contributed by atoms with E-state index in [0.717, 1.165) is 0 Å². The van der Waals surface area contributed by atoms with Crippen molar-refractivity contribution in [1.82, 2.24) is 5.01 Å². The first-order chi connectivity index (χ1) is 15.9. The molecular weight excluding hydrogens is 424 g/mol. The van der Waals surface area contributed by atoms with Crippen LogP contribution in [-0.4, -0.2) is 36.3 Å². The zero-order valence-electron chi connectivity index (χ0n) is 18.3. The molecule has 0 aromatic heterocycles. The van der Waals surface area contributed by atoms with Crippen molar-refractivity contribution in [2.24, 2.45) is 5.10 Å². The highest BCUT2D eigenvalue weighted by molar-refractivity contribution is 6.02. The fourth-order valence-corrected chi connectivity index (χ4v) is 3.75. The highest BCUT2D eigenvalue weighted by Crippen LogP contribution is 2.39. The molecule has 1 amide bonds. The first-order valence-electron chi connectivity index (χ1n) is 10.1. The maximum atomic E-state index is 13.5. The van der Waals surface area contributed by atoms with Crippen molar-refractivity contribution in [2.75, 3.05) is 19.5 Å². The number of hydrogen-bond donors (Lipinski definition) is 1. The Bertz CT molecular complexity index is 1260. The van der Waals surface area contributed by atoms with E-state index in [2.05, 4.69) is 10.4 Å². The van der Waals surface area contributed by atoms with Crippen LogP contribution in [0.1, 0.15) is 28.4 Å². The van der Waals surface area contributed by atoms with E-state index in [9.17, 15) is 14.9 Å². The van der Waals surface area contributed by atoms with E-state index >= 15 is 0 Å². The molecule has 3 aromatic rings. The predicted molar refractivity (Wildman–Crippen MR) is 124 cm³/mol. The Morgan fingerprint density at radius 3 is 2.52 bits per heavy atom. The number of hydrogen-bond acceptors (Lipinski definition) is 7. The Kier molecular flexibility index (Phi) is 5.70. The molecule has 0 saturated heterocycles. The number of fused-ring (bicyclic) bond motifs is 1. The topological polar surface area (TPSA) is 106 Å². The third kappa shape index (κ3) is 3.96. The quantitative estimate of drug-likeness (QED) is 0.342. The average molecular weight is 446 g/mol. The Hall–Kier alpha value is -4.40. The predicted octanol–water partition coefficient (Wildman–Crippen LogP) is 4.39. The van der Waals surface area contributed by atoms with Gasteiger partial charge in [0, 0.05) is 23.4 Å². The van der Waals surface area contributed by atoms with E-state index in [4.69, 9.17) is 9.47 Å². The van der Waals surface area contributed by atoms with Crippen LogP contribution in [0, 0.1) is 10.1 Å². The van der Waals surface area contributed by atoms with Crippen LogP contribution in [0.3, 0.4) is 0 Å². The number of rotatable bonds is 6. The number of nitro groups is 1. The lowest BCUT2D eigenvalue weighted by atomic mass is 9.95. The standard InChI is InChI=1S/C24H22N4O5/c1-24(17-7-6-8-18(14-17)28(30)31)26-20-10-5-4-9-19(20)23(29)27(24)25-15-16-11-12-21(32-2)22(13-16)33-3/h4-15,26H,1-3H3/b25-15-/t24-/m1/s1. The highest BCUT2D eigenvalue weighted by atomic mass is 16.6. The molecule has 0 saturated carbocycles. The number of nitrogens with zero attached hydrogens (tertiary/aromatic N) is 3. The second-order valence-electron chi connectivity index (χ2n) is 7.53. The molecule has 0 radical (unpaired) electrons. The van der Waals surface area contributed by atoms with Crippen molar-refractivity contribution in [2.45, 2.75) is 12.6 Å². The van der Waals surface area contributed by atoms with Gasteiger partial charge < -0.3 is 14.8 Å². The molecule has 1 atom stereocenters. The minimum atomic E-state index is -1.18. The number of benzene rings is 3. The highest BCUT2D eigenvalue weighted by Gasteiger charge is 2.43. The molecule has 4 rings (SSSR count). The second kappa shape index (κ2) is 8.62. The van der Waals surface area contributed by atoms with Gasteiger partial charge in [-0.25, -0.2) is 0 Å². The Labute approximate surface area is 190 Å². The Balaban J connectivity index is 1.81. The maximum absolute atomic E-state index is 13.5. The SMILES string of the molecule is COc1ccc(/C=N\N2C(=O)c3ccccc3N[C@@]2(C)c2cccc([N+](=O)[O-])c2)cc1OC. The minimum absolute atomic E-state index is 0.0781. The van der Waals surface area contributed by atoms with Crippen molar-refractivity contribution in [1.29, 1.82) is 0 Å². The van der Waals surface area contributed by atoms with E-state index in [1.165, 1.54) is 30.5 Å². The maximum Gasteiger partial charge on any atom is 0.278 e. The van der Waals surface area contributed by atoms with Crippen LogP contribution < -0.4 is 14.8 Å². The number of anilines is 1. The van der Waals surface area contributed by atoms with Gasteiger partial charge in [0.2, 0.25) is 0 Å². The Morgan fingerprint density at radius 1 is 1.03 bits per heavy atom. The van der Waals surface area contributed by atoms with Crippen molar-refractivity contribution in [3.05, 3.63) is 93.5 Å². The number of amides is 1. The summed E-state index contributed by atoms with van der Waals surface area (Å²) in [5.74, 6) is 0.757. The molecule has 168 valence electrons. The number of hydrazone groups is 1. The van der Waals surface area contributed by atoms with Gasteiger partial charge in [-0.15, -0.1) is 0 Å². The van der Waals surface area contributed by atoms with Crippen LogP contribution >= 0.6 is 0 Å². The molecule has 3 aromatic carbocycles. The molecule has 0 fully saturated rings. The fraction of sp³-hybridized carbons (Fsp3) is 0.167. The molecule has 1 heterocycles. The summed E-state index contributed by atoms with van der Waals surface area (Å²) in [5, 5.41) is 20.5. The summed E-state index contributed by atoms with van der Waals surface area (Å²) in [7, 11) is 3.08. The summed E-state index contributed by atoms with van der Waals surface area (Å²) in [4.78, 5) is 24.4. The zero-order chi connectivity index (χ0) is 23.6. The normalized spacial score (nSPS) is 17.4. The molecule has 9 heteroatoms. The molecule has 0 unspecified atom stereocenters. The van der Waals surface area contributed by atoms with Crippen LogP contribution in [0.25, 0.3) is 0 Å². The number of carbonyl (C=O) groups is 1. The lowest BCUT2D eigenvalue weighted by molar-refractivity contribution is -0.385. The number of nitro benzene ring substituents is 1. The first-order valence-corrected chi connectivity index (χ1v) is 10.1. The van der Waals surface area contributed by atoms with E-state index in [1.807, 2.05) is 6.07 Å². The van der Waals surface area contributed by atoms with Gasteiger partial charge >= 0.3 is 0 Å². The monoisotopic (exact) mass is 446 g/mol. The van der Waals surface area contributed by atoms with Crippen LogP contribution in [0.4, 0.5) is 11.4 Å². The molecule has 0 aliphatic carbocycles. The number of carbonyl (C=O) groups excluding carboxylic acids is 1. The van der Waals surface area contributed by atoms with Crippen molar-refractivity contribution in [3.8, 4) is 11.5 Å². The van der Waals surface area contributed by atoms with E-state index in [0.29, 0.717) is 33.9 Å². The van der Waals surface area contributed by atoms with Gasteiger partial charge in [0.05, 0.1) is 30.9 Å². The summed E-state index contributed by atoms with van der Waals surface area (Å²) < 4.78 is 10.6. The average Bonchev–Trinajstić information content (AvgIpc) is 2.83. The van der Waals surface area contributed by atoms with Crippen molar-refractivity contribution in [3.63, 3.8) is 0 Å². The summed E-state index contributed by atoms with van der Waals surface area (Å²) in [6, 6.07) is 18.5. The van der Waals surface area contributed by atoms with Crippen LogP contribution in [0.2, 0.25) is 0 Å². The van der Waals surface area contributed by atoms with Gasteiger partial charge in [-0.3, -0.25) is 14.9 Å². The molecule has 0 bridgehead atoms. The summed E-state index contributed by atoms with van der Waals surface area (Å²) >= 11 is 0. The van der Waals surface area contributed by atoms with Crippen molar-refractivity contribution >= 4 is 23.5 Å². The summed E-state index contributed by atoms with van der Waals surface area (Å²) in [6.45, 7) is 1.76. The number of ether oxygens (including phenoxy) is 2. The molecule has 9 nitrogen and oxygen atoms in total.